The van der Waals surface area contributed by atoms with Crippen LogP contribution in [-0.4, -0.2) is 24.5 Å². The van der Waals surface area contributed by atoms with Gasteiger partial charge in [0.15, 0.2) is 6.61 Å². The van der Waals surface area contributed by atoms with Crippen molar-refractivity contribution in [3.63, 3.8) is 0 Å². The molecule has 0 radical (unpaired) electrons. The number of carbonyl (C=O) groups excluding carboxylic acids is 2. The van der Waals surface area contributed by atoms with E-state index in [4.69, 9.17) is 4.74 Å². The molecule has 1 fully saturated rings. The second-order valence-corrected chi connectivity index (χ2v) is 7.02. The molecule has 4 nitrogen and oxygen atoms in total. The largest absolute Gasteiger partial charge is 0.452 e. The molecule has 1 aromatic rings. The van der Waals surface area contributed by atoms with Gasteiger partial charge < -0.3 is 10.1 Å². The molecule has 0 unspecified atom stereocenters. The van der Waals surface area contributed by atoms with Crippen molar-refractivity contribution < 1.29 is 14.3 Å². The van der Waals surface area contributed by atoms with Gasteiger partial charge in [0.2, 0.25) is 0 Å². The van der Waals surface area contributed by atoms with Gasteiger partial charge in [-0.25, -0.2) is 4.79 Å². The van der Waals surface area contributed by atoms with Crippen LogP contribution in [-0.2, 0) is 22.4 Å². The van der Waals surface area contributed by atoms with E-state index in [9.17, 15) is 9.59 Å². The number of aryl methyl sites for hydroxylation is 2. The molecule has 0 aromatic heterocycles. The van der Waals surface area contributed by atoms with Gasteiger partial charge in [-0.3, -0.25) is 4.79 Å². The van der Waals surface area contributed by atoms with E-state index in [0.29, 0.717) is 5.56 Å². The van der Waals surface area contributed by atoms with Crippen molar-refractivity contribution in [1.82, 2.24) is 5.32 Å². The molecule has 0 bridgehead atoms. The molecule has 1 saturated carbocycles. The van der Waals surface area contributed by atoms with Crippen LogP contribution in [0, 0.1) is 0 Å². The average molecular weight is 329 g/mol. The Morgan fingerprint density at radius 2 is 1.67 bits per heavy atom. The van der Waals surface area contributed by atoms with Gasteiger partial charge in [0.25, 0.3) is 5.91 Å². The fraction of sp³-hybridized carbons (Fsp3) is 0.600. The van der Waals surface area contributed by atoms with Crippen LogP contribution in [0.3, 0.4) is 0 Å². The standard InChI is InChI=1S/C20H27NO3/c22-19(21-18-9-3-1-2-4-10-18)14-24-20(23)17-12-11-15-7-5-6-8-16(15)13-17/h11-13,18H,1-10,14H2,(H,21,22). The summed E-state index contributed by atoms with van der Waals surface area (Å²) in [6, 6.07) is 6.01. The Hall–Kier alpha value is -1.84. The molecule has 2 aliphatic carbocycles. The summed E-state index contributed by atoms with van der Waals surface area (Å²) in [4.78, 5) is 24.2. The molecule has 0 aliphatic heterocycles. The quantitative estimate of drug-likeness (QED) is 0.679. The van der Waals surface area contributed by atoms with Crippen LogP contribution in [0.25, 0.3) is 0 Å². The fourth-order valence-corrected chi connectivity index (χ4v) is 3.77. The van der Waals surface area contributed by atoms with Crippen molar-refractivity contribution >= 4 is 11.9 Å². The number of hydrogen-bond donors (Lipinski definition) is 1. The molecule has 130 valence electrons. The molecule has 0 heterocycles. The van der Waals surface area contributed by atoms with Gasteiger partial charge >= 0.3 is 5.97 Å². The molecule has 4 heteroatoms. The Balaban J connectivity index is 1.48. The first-order chi connectivity index (χ1) is 11.7. The second-order valence-electron chi connectivity index (χ2n) is 7.02. The lowest BCUT2D eigenvalue weighted by atomic mass is 9.90. The average Bonchev–Trinajstić information content (AvgIpc) is 2.88. The predicted molar refractivity (Wildman–Crippen MR) is 93.0 cm³/mol. The van der Waals surface area contributed by atoms with E-state index in [-0.39, 0.29) is 18.6 Å². The first-order valence-electron chi connectivity index (χ1n) is 9.30. The minimum Gasteiger partial charge on any atom is -0.452 e. The second kappa shape index (κ2) is 8.32. The zero-order chi connectivity index (χ0) is 16.8. The molecule has 3 rings (SSSR count). The molecular weight excluding hydrogens is 302 g/mol. The number of benzene rings is 1. The van der Waals surface area contributed by atoms with Gasteiger partial charge in [0, 0.05) is 6.04 Å². The van der Waals surface area contributed by atoms with E-state index in [1.807, 2.05) is 18.2 Å². The van der Waals surface area contributed by atoms with E-state index >= 15 is 0 Å². The number of nitrogens with one attached hydrogen (secondary N) is 1. The van der Waals surface area contributed by atoms with Gasteiger partial charge in [0.05, 0.1) is 5.56 Å². The Bertz CT molecular complexity index is 589. The van der Waals surface area contributed by atoms with Crippen molar-refractivity contribution in [3.8, 4) is 0 Å². The summed E-state index contributed by atoms with van der Waals surface area (Å²) in [5, 5.41) is 3.00. The molecule has 1 N–H and O–H groups in total. The minimum absolute atomic E-state index is 0.187. The van der Waals surface area contributed by atoms with Crippen LogP contribution in [0.5, 0.6) is 0 Å². The summed E-state index contributed by atoms with van der Waals surface area (Å²) in [6.07, 6.45) is 11.4. The SMILES string of the molecule is O=C(COC(=O)c1ccc2c(c1)CCCC2)NC1CCCCCC1. The van der Waals surface area contributed by atoms with E-state index in [1.54, 1.807) is 0 Å². The summed E-state index contributed by atoms with van der Waals surface area (Å²) in [5.41, 5.74) is 3.14. The number of rotatable bonds is 4. The van der Waals surface area contributed by atoms with Gasteiger partial charge in [0.1, 0.15) is 0 Å². The van der Waals surface area contributed by atoms with Crippen LogP contribution >= 0.6 is 0 Å². The third kappa shape index (κ3) is 4.59. The molecule has 0 spiro atoms. The summed E-state index contributed by atoms with van der Waals surface area (Å²) in [6.45, 7) is -0.188. The Morgan fingerprint density at radius 1 is 0.958 bits per heavy atom. The van der Waals surface area contributed by atoms with Crippen molar-refractivity contribution in [1.29, 1.82) is 0 Å². The fourth-order valence-electron chi connectivity index (χ4n) is 3.77. The van der Waals surface area contributed by atoms with E-state index in [0.717, 1.165) is 25.7 Å². The van der Waals surface area contributed by atoms with Crippen molar-refractivity contribution in [2.24, 2.45) is 0 Å². The van der Waals surface area contributed by atoms with Crippen LogP contribution in [0.2, 0.25) is 0 Å². The van der Waals surface area contributed by atoms with Gasteiger partial charge in [-0.05, 0) is 61.8 Å². The highest BCUT2D eigenvalue weighted by molar-refractivity contribution is 5.91. The Kier molecular flexibility index (Phi) is 5.89. The molecule has 24 heavy (non-hydrogen) atoms. The summed E-state index contributed by atoms with van der Waals surface area (Å²) >= 11 is 0. The third-order valence-corrected chi connectivity index (χ3v) is 5.14. The number of fused-ring (bicyclic) bond motifs is 1. The first-order valence-corrected chi connectivity index (χ1v) is 9.30. The maximum absolute atomic E-state index is 12.2. The number of esters is 1. The Morgan fingerprint density at radius 3 is 2.42 bits per heavy atom. The zero-order valence-electron chi connectivity index (χ0n) is 14.3. The normalized spacial score (nSPS) is 18.3. The van der Waals surface area contributed by atoms with Gasteiger partial charge in [-0.15, -0.1) is 0 Å². The maximum Gasteiger partial charge on any atom is 0.338 e. The highest BCUT2D eigenvalue weighted by Crippen LogP contribution is 2.22. The van der Waals surface area contributed by atoms with E-state index < -0.39 is 5.97 Å². The number of hydrogen-bond acceptors (Lipinski definition) is 3. The highest BCUT2D eigenvalue weighted by Gasteiger charge is 2.17. The van der Waals surface area contributed by atoms with E-state index in [1.165, 1.54) is 49.7 Å². The van der Waals surface area contributed by atoms with Crippen LogP contribution in [0.4, 0.5) is 0 Å². The van der Waals surface area contributed by atoms with E-state index in [2.05, 4.69) is 5.32 Å². The Labute approximate surface area is 144 Å². The smallest absolute Gasteiger partial charge is 0.338 e. The summed E-state index contributed by atoms with van der Waals surface area (Å²) in [5.74, 6) is -0.590. The molecule has 1 amide bonds. The molecule has 0 saturated heterocycles. The first kappa shape index (κ1) is 17.0. The summed E-state index contributed by atoms with van der Waals surface area (Å²) < 4.78 is 5.20. The molecule has 1 aromatic carbocycles. The lowest BCUT2D eigenvalue weighted by Crippen LogP contribution is -2.37. The zero-order valence-corrected chi connectivity index (χ0v) is 14.3. The van der Waals surface area contributed by atoms with Crippen molar-refractivity contribution in [2.75, 3.05) is 6.61 Å². The molecular formula is C20H27NO3. The van der Waals surface area contributed by atoms with Gasteiger partial charge in [-0.2, -0.15) is 0 Å². The summed E-state index contributed by atoms with van der Waals surface area (Å²) in [7, 11) is 0. The topological polar surface area (TPSA) is 55.4 Å². The van der Waals surface area contributed by atoms with Crippen LogP contribution in [0.1, 0.15) is 72.9 Å². The van der Waals surface area contributed by atoms with Crippen molar-refractivity contribution in [2.45, 2.75) is 70.3 Å². The molecule has 2 aliphatic rings. The van der Waals surface area contributed by atoms with Crippen LogP contribution in [0.15, 0.2) is 18.2 Å². The maximum atomic E-state index is 12.2. The monoisotopic (exact) mass is 329 g/mol. The minimum atomic E-state index is -0.403. The number of ether oxygens (including phenoxy) is 1. The molecule has 0 atom stereocenters. The van der Waals surface area contributed by atoms with Gasteiger partial charge in [-0.1, -0.05) is 31.7 Å². The lowest BCUT2D eigenvalue weighted by Gasteiger charge is -2.17. The lowest BCUT2D eigenvalue weighted by molar-refractivity contribution is -0.125. The van der Waals surface area contributed by atoms with Crippen molar-refractivity contribution in [3.05, 3.63) is 34.9 Å². The van der Waals surface area contributed by atoms with Crippen LogP contribution < -0.4 is 5.32 Å². The number of amides is 1. The predicted octanol–water partition coefficient (Wildman–Crippen LogP) is 3.56. The number of carbonyl (C=O) groups is 2. The highest BCUT2D eigenvalue weighted by atomic mass is 16.5. The third-order valence-electron chi connectivity index (χ3n) is 5.14.